The summed E-state index contributed by atoms with van der Waals surface area (Å²) >= 11 is 0. The van der Waals surface area contributed by atoms with Gasteiger partial charge < -0.3 is 10.2 Å². The minimum atomic E-state index is -0.255. The predicted octanol–water partition coefficient (Wildman–Crippen LogP) is 4.08. The zero-order valence-electron chi connectivity index (χ0n) is 12.3. The van der Waals surface area contributed by atoms with E-state index in [0.717, 1.165) is 12.0 Å². The minimum absolute atomic E-state index is 0.139. The Bertz CT molecular complexity index is 473. The number of nitrogens with zero attached hydrogens (tertiary/aromatic N) is 1. The van der Waals surface area contributed by atoms with Crippen molar-refractivity contribution in [2.75, 3.05) is 0 Å². The molecule has 0 aliphatic heterocycles. The molecular formula is C15H23NO3. The largest absolute Gasteiger partial charge is 0.504 e. The van der Waals surface area contributed by atoms with Gasteiger partial charge in [0.05, 0.1) is 0 Å². The maximum atomic E-state index is 10.4. The molecule has 0 aromatic heterocycles. The van der Waals surface area contributed by atoms with Crippen LogP contribution in [0, 0.1) is 10.3 Å². The Morgan fingerprint density at radius 2 is 1.68 bits per heavy atom. The van der Waals surface area contributed by atoms with Crippen LogP contribution in [-0.4, -0.2) is 10.2 Å². The van der Waals surface area contributed by atoms with Crippen LogP contribution in [0.1, 0.15) is 52.2 Å². The van der Waals surface area contributed by atoms with E-state index in [0.29, 0.717) is 5.56 Å². The molecule has 0 saturated carbocycles. The third-order valence-electron chi connectivity index (χ3n) is 3.16. The monoisotopic (exact) mass is 265 g/mol. The second kappa shape index (κ2) is 5.19. The normalized spacial score (nSPS) is 12.5. The Balaban J connectivity index is 3.23. The second-order valence-corrected chi connectivity index (χ2v) is 6.91. The van der Waals surface area contributed by atoms with Crippen molar-refractivity contribution in [1.29, 1.82) is 0 Å². The van der Waals surface area contributed by atoms with E-state index >= 15 is 0 Å². The molecule has 19 heavy (non-hydrogen) atoms. The molecule has 0 heterocycles. The van der Waals surface area contributed by atoms with E-state index in [9.17, 15) is 15.1 Å². The average Bonchev–Trinajstić information content (AvgIpc) is 2.21. The van der Waals surface area contributed by atoms with E-state index in [2.05, 4.69) is 39.8 Å². The number of phenolic OH excluding ortho intramolecular Hbond substituents is 2. The molecule has 106 valence electrons. The van der Waals surface area contributed by atoms with Crippen molar-refractivity contribution in [3.8, 4) is 11.5 Å². The SMILES string of the molecule is CC(C)(C)CC(C)(C)c1cc(O)c(O)c(CN=O)c1. The molecule has 0 atom stereocenters. The van der Waals surface area contributed by atoms with Crippen molar-refractivity contribution in [2.24, 2.45) is 10.6 Å². The fraction of sp³-hybridized carbons (Fsp3) is 0.600. The molecule has 1 rings (SSSR count). The van der Waals surface area contributed by atoms with E-state index in [-0.39, 0.29) is 28.9 Å². The van der Waals surface area contributed by atoms with Gasteiger partial charge in [0, 0.05) is 5.56 Å². The molecule has 0 aliphatic rings. The van der Waals surface area contributed by atoms with Gasteiger partial charge in [0.25, 0.3) is 0 Å². The van der Waals surface area contributed by atoms with Crippen LogP contribution in [-0.2, 0) is 12.0 Å². The smallest absolute Gasteiger partial charge is 0.162 e. The second-order valence-electron chi connectivity index (χ2n) is 6.91. The van der Waals surface area contributed by atoms with Crippen LogP contribution in [0.4, 0.5) is 0 Å². The van der Waals surface area contributed by atoms with Gasteiger partial charge in [-0.25, -0.2) is 0 Å². The van der Waals surface area contributed by atoms with Gasteiger partial charge in [0.1, 0.15) is 6.54 Å². The molecule has 0 aliphatic carbocycles. The fourth-order valence-electron chi connectivity index (χ4n) is 2.69. The summed E-state index contributed by atoms with van der Waals surface area (Å²) in [6.07, 6.45) is 0.915. The molecule has 0 fully saturated rings. The number of hydrogen-bond donors (Lipinski definition) is 2. The number of rotatable bonds is 4. The molecule has 0 spiro atoms. The van der Waals surface area contributed by atoms with Crippen molar-refractivity contribution in [1.82, 2.24) is 0 Å². The van der Waals surface area contributed by atoms with Gasteiger partial charge in [-0.05, 0) is 34.9 Å². The lowest BCUT2D eigenvalue weighted by atomic mass is 9.72. The van der Waals surface area contributed by atoms with Crippen molar-refractivity contribution in [2.45, 2.75) is 53.0 Å². The quantitative estimate of drug-likeness (QED) is 0.636. The van der Waals surface area contributed by atoms with Crippen LogP contribution in [0.2, 0.25) is 0 Å². The Morgan fingerprint density at radius 1 is 1.11 bits per heavy atom. The lowest BCUT2D eigenvalue weighted by Crippen LogP contribution is -2.25. The van der Waals surface area contributed by atoms with Gasteiger partial charge in [-0.3, -0.25) is 0 Å². The summed E-state index contributed by atoms with van der Waals surface area (Å²) in [6.45, 7) is 10.5. The average molecular weight is 265 g/mol. The molecule has 0 radical (unpaired) electrons. The maximum absolute atomic E-state index is 10.4. The van der Waals surface area contributed by atoms with Crippen molar-refractivity contribution in [3.63, 3.8) is 0 Å². The van der Waals surface area contributed by atoms with E-state index in [4.69, 9.17) is 0 Å². The summed E-state index contributed by atoms with van der Waals surface area (Å²) in [5.41, 5.74) is 1.24. The summed E-state index contributed by atoms with van der Waals surface area (Å²) in [5.74, 6) is -0.451. The topological polar surface area (TPSA) is 69.9 Å². The van der Waals surface area contributed by atoms with Crippen molar-refractivity contribution in [3.05, 3.63) is 28.2 Å². The summed E-state index contributed by atoms with van der Waals surface area (Å²) < 4.78 is 0. The van der Waals surface area contributed by atoms with Crippen molar-refractivity contribution >= 4 is 0 Å². The first kappa shape index (κ1) is 15.5. The molecular weight excluding hydrogens is 242 g/mol. The molecule has 2 N–H and O–H groups in total. The Hall–Kier alpha value is -1.58. The van der Waals surface area contributed by atoms with Crippen LogP contribution in [0.25, 0.3) is 0 Å². The number of hydrogen-bond acceptors (Lipinski definition) is 4. The van der Waals surface area contributed by atoms with Crippen LogP contribution in [0.5, 0.6) is 11.5 Å². The molecule has 1 aromatic carbocycles. The number of nitroso groups, excluding NO2 is 1. The summed E-state index contributed by atoms with van der Waals surface area (Å²) in [7, 11) is 0. The van der Waals surface area contributed by atoms with Gasteiger partial charge >= 0.3 is 0 Å². The highest BCUT2D eigenvalue weighted by atomic mass is 16.3. The number of phenols is 2. The van der Waals surface area contributed by atoms with E-state index in [1.807, 2.05) is 0 Å². The Morgan fingerprint density at radius 3 is 2.16 bits per heavy atom. The number of benzene rings is 1. The Labute approximate surface area is 114 Å². The molecule has 0 amide bonds. The molecule has 4 heteroatoms. The highest BCUT2D eigenvalue weighted by Gasteiger charge is 2.28. The van der Waals surface area contributed by atoms with E-state index in [1.165, 1.54) is 0 Å². The molecule has 0 saturated heterocycles. The maximum Gasteiger partial charge on any atom is 0.162 e. The zero-order chi connectivity index (χ0) is 14.8. The van der Waals surface area contributed by atoms with Gasteiger partial charge in [-0.1, -0.05) is 39.8 Å². The first-order chi connectivity index (χ1) is 8.57. The zero-order valence-corrected chi connectivity index (χ0v) is 12.3. The third kappa shape index (κ3) is 3.94. The van der Waals surface area contributed by atoms with Crippen LogP contribution in [0.3, 0.4) is 0 Å². The molecule has 0 bridgehead atoms. The first-order valence-electron chi connectivity index (χ1n) is 6.41. The first-order valence-corrected chi connectivity index (χ1v) is 6.41. The number of aromatic hydroxyl groups is 2. The van der Waals surface area contributed by atoms with Gasteiger partial charge in [0.2, 0.25) is 0 Å². The van der Waals surface area contributed by atoms with Crippen LogP contribution in [0.15, 0.2) is 17.3 Å². The molecule has 4 nitrogen and oxygen atoms in total. The van der Waals surface area contributed by atoms with Crippen LogP contribution >= 0.6 is 0 Å². The highest BCUT2D eigenvalue weighted by Crippen LogP contribution is 2.40. The van der Waals surface area contributed by atoms with Crippen LogP contribution < -0.4 is 0 Å². The third-order valence-corrected chi connectivity index (χ3v) is 3.16. The summed E-state index contributed by atoms with van der Waals surface area (Å²) in [5, 5.41) is 22.3. The lowest BCUT2D eigenvalue weighted by molar-refractivity contribution is 0.283. The fourth-order valence-corrected chi connectivity index (χ4v) is 2.69. The Kier molecular flexibility index (Phi) is 4.23. The van der Waals surface area contributed by atoms with Gasteiger partial charge in [-0.2, -0.15) is 4.91 Å². The molecule has 1 aromatic rings. The van der Waals surface area contributed by atoms with E-state index in [1.54, 1.807) is 12.1 Å². The predicted molar refractivity (Wildman–Crippen MR) is 76.4 cm³/mol. The highest BCUT2D eigenvalue weighted by molar-refractivity contribution is 5.49. The van der Waals surface area contributed by atoms with Gasteiger partial charge in [-0.15, -0.1) is 0 Å². The minimum Gasteiger partial charge on any atom is -0.504 e. The standard InChI is InChI=1S/C15H23NO3/c1-14(2,3)9-15(4,5)11-6-10(8-16-19)13(18)12(17)7-11/h6-7,17-18H,8-9H2,1-5H3. The lowest BCUT2D eigenvalue weighted by Gasteiger charge is -2.33. The van der Waals surface area contributed by atoms with Gasteiger partial charge in [0.15, 0.2) is 11.5 Å². The molecule has 0 unspecified atom stereocenters. The van der Waals surface area contributed by atoms with E-state index < -0.39 is 0 Å². The summed E-state index contributed by atoms with van der Waals surface area (Å²) in [6, 6.07) is 3.32. The summed E-state index contributed by atoms with van der Waals surface area (Å²) in [4.78, 5) is 10.4. The van der Waals surface area contributed by atoms with Crippen molar-refractivity contribution < 1.29 is 10.2 Å².